The highest BCUT2D eigenvalue weighted by molar-refractivity contribution is 6.32. The Kier molecular flexibility index (Phi) is 2.87. The third-order valence-electron chi connectivity index (χ3n) is 5.22. The van der Waals surface area contributed by atoms with Gasteiger partial charge >= 0.3 is 0 Å². The highest BCUT2D eigenvalue weighted by Crippen LogP contribution is 2.57. The van der Waals surface area contributed by atoms with Gasteiger partial charge in [0, 0.05) is 5.02 Å². The second kappa shape index (κ2) is 4.44. The molecule has 6 heteroatoms. The molecule has 4 atom stereocenters. The fraction of sp³-hybridized carbons (Fsp3) is 0.412. The molecule has 3 aliphatic rings. The number of hydrogen-bond donors (Lipinski definition) is 1. The van der Waals surface area contributed by atoms with Crippen LogP contribution in [0.15, 0.2) is 30.4 Å². The lowest BCUT2D eigenvalue weighted by Crippen LogP contribution is -2.43. The van der Waals surface area contributed by atoms with E-state index in [4.69, 9.17) is 16.3 Å². The summed E-state index contributed by atoms with van der Waals surface area (Å²) in [5.74, 6) is -1.97. The van der Waals surface area contributed by atoms with Crippen molar-refractivity contribution >= 4 is 29.1 Å². The van der Waals surface area contributed by atoms with Crippen molar-refractivity contribution in [2.75, 3.05) is 11.5 Å². The van der Waals surface area contributed by atoms with Crippen LogP contribution in [-0.2, 0) is 14.3 Å². The van der Waals surface area contributed by atoms with Crippen LogP contribution in [0.2, 0.25) is 5.02 Å². The summed E-state index contributed by atoms with van der Waals surface area (Å²) < 4.78 is 5.88. The summed E-state index contributed by atoms with van der Waals surface area (Å²) in [4.78, 5) is 27.0. The van der Waals surface area contributed by atoms with Gasteiger partial charge in [-0.3, -0.25) is 9.59 Å². The van der Waals surface area contributed by atoms with Gasteiger partial charge in [0.2, 0.25) is 11.8 Å². The van der Waals surface area contributed by atoms with Gasteiger partial charge in [0.05, 0.1) is 29.7 Å². The van der Waals surface area contributed by atoms with Crippen molar-refractivity contribution in [1.82, 2.24) is 0 Å². The normalized spacial score (nSPS) is 37.8. The van der Waals surface area contributed by atoms with Gasteiger partial charge in [-0.25, -0.2) is 4.90 Å². The predicted octanol–water partition coefficient (Wildman–Crippen LogP) is 1.84. The van der Waals surface area contributed by atoms with E-state index in [2.05, 4.69) is 0 Å². The summed E-state index contributed by atoms with van der Waals surface area (Å²) in [6, 6.07) is 5.11. The maximum atomic E-state index is 12.9. The van der Waals surface area contributed by atoms with Crippen LogP contribution >= 0.6 is 11.6 Å². The number of benzene rings is 1. The van der Waals surface area contributed by atoms with E-state index in [9.17, 15) is 14.7 Å². The minimum atomic E-state index is -1.10. The number of aryl methyl sites for hydroxylation is 1. The first-order valence-electron chi connectivity index (χ1n) is 7.48. The molecule has 0 saturated carbocycles. The molecular weight excluding hydrogens is 318 g/mol. The number of anilines is 1. The molecule has 5 nitrogen and oxygen atoms in total. The van der Waals surface area contributed by atoms with E-state index in [1.807, 2.05) is 6.92 Å². The third kappa shape index (κ3) is 1.70. The van der Waals surface area contributed by atoms with E-state index < -0.39 is 23.0 Å². The summed E-state index contributed by atoms with van der Waals surface area (Å²) in [7, 11) is 0. The number of imide groups is 1. The molecule has 2 fully saturated rings. The lowest BCUT2D eigenvalue weighted by atomic mass is 9.73. The number of halogens is 1. The van der Waals surface area contributed by atoms with Crippen LogP contribution in [0.3, 0.4) is 0 Å². The van der Waals surface area contributed by atoms with Crippen molar-refractivity contribution in [1.29, 1.82) is 0 Å². The second-order valence-electron chi connectivity index (χ2n) is 6.63. The zero-order chi connectivity index (χ0) is 16.6. The van der Waals surface area contributed by atoms with Crippen molar-refractivity contribution in [3.8, 4) is 0 Å². The van der Waals surface area contributed by atoms with Crippen LogP contribution in [0.1, 0.15) is 12.5 Å². The number of ether oxygens (including phenoxy) is 1. The average molecular weight is 334 g/mol. The van der Waals surface area contributed by atoms with E-state index in [0.29, 0.717) is 10.7 Å². The molecule has 0 aromatic heterocycles. The molecule has 3 aliphatic heterocycles. The maximum Gasteiger partial charge on any atom is 0.241 e. The minimum absolute atomic E-state index is 0.304. The largest absolute Gasteiger partial charge is 0.393 e. The van der Waals surface area contributed by atoms with E-state index in [1.54, 1.807) is 37.3 Å². The van der Waals surface area contributed by atoms with Gasteiger partial charge in [0.1, 0.15) is 5.60 Å². The standard InChI is InChI=1S/C17H16ClNO4/c1-9-3-4-10(7-11(9)18)19-14(21)12-13(15(19)22)17(8-20)6-5-16(12,2)23-17/h3-7,12-13,20H,8H2,1-2H3. The molecule has 1 aromatic rings. The Morgan fingerprint density at radius 1 is 1.26 bits per heavy atom. The summed E-state index contributed by atoms with van der Waals surface area (Å²) in [6.07, 6.45) is 3.49. The zero-order valence-corrected chi connectivity index (χ0v) is 13.5. The number of nitrogens with zero attached hydrogens (tertiary/aromatic N) is 1. The van der Waals surface area contributed by atoms with Gasteiger partial charge in [-0.1, -0.05) is 29.8 Å². The SMILES string of the molecule is Cc1ccc(N2C(=O)C3C(C2=O)C2(CO)C=CC3(C)O2)cc1Cl. The predicted molar refractivity (Wildman–Crippen MR) is 84.1 cm³/mol. The molecule has 23 heavy (non-hydrogen) atoms. The molecule has 0 spiro atoms. The Bertz CT molecular complexity index is 776. The van der Waals surface area contributed by atoms with Gasteiger partial charge in [-0.15, -0.1) is 0 Å². The molecule has 4 rings (SSSR count). The number of rotatable bonds is 2. The fourth-order valence-electron chi connectivity index (χ4n) is 4.02. The summed E-state index contributed by atoms with van der Waals surface area (Å²) in [5.41, 5.74) is -0.627. The van der Waals surface area contributed by atoms with E-state index in [1.165, 1.54) is 4.90 Å². The Morgan fingerprint density at radius 2 is 1.96 bits per heavy atom. The van der Waals surface area contributed by atoms with Gasteiger partial charge in [0.25, 0.3) is 0 Å². The summed E-state index contributed by atoms with van der Waals surface area (Å²) in [5, 5.41) is 10.3. The minimum Gasteiger partial charge on any atom is -0.393 e. The Hall–Kier alpha value is -1.69. The van der Waals surface area contributed by atoms with Gasteiger partial charge in [-0.05, 0) is 31.5 Å². The van der Waals surface area contributed by atoms with Crippen molar-refractivity contribution in [3.05, 3.63) is 40.9 Å². The van der Waals surface area contributed by atoms with Crippen LogP contribution in [0.25, 0.3) is 0 Å². The lowest BCUT2D eigenvalue weighted by Gasteiger charge is -2.27. The Labute approximate surface area is 138 Å². The zero-order valence-electron chi connectivity index (χ0n) is 12.7. The number of hydrogen-bond acceptors (Lipinski definition) is 4. The first-order valence-corrected chi connectivity index (χ1v) is 7.86. The molecule has 4 unspecified atom stereocenters. The lowest BCUT2D eigenvalue weighted by molar-refractivity contribution is -0.131. The van der Waals surface area contributed by atoms with Crippen LogP contribution in [0.5, 0.6) is 0 Å². The summed E-state index contributed by atoms with van der Waals surface area (Å²) >= 11 is 6.13. The number of amides is 2. The van der Waals surface area contributed by atoms with E-state index in [0.717, 1.165) is 5.56 Å². The molecule has 1 aromatic carbocycles. The summed E-state index contributed by atoms with van der Waals surface area (Å²) in [6.45, 7) is 3.30. The highest BCUT2D eigenvalue weighted by atomic mass is 35.5. The van der Waals surface area contributed by atoms with Crippen molar-refractivity contribution < 1.29 is 19.4 Å². The number of fused-ring (bicyclic) bond motifs is 5. The molecular formula is C17H16ClNO4. The van der Waals surface area contributed by atoms with Crippen LogP contribution in [0, 0.1) is 18.8 Å². The third-order valence-corrected chi connectivity index (χ3v) is 5.62. The molecule has 3 heterocycles. The molecule has 2 amide bonds. The number of aliphatic hydroxyl groups excluding tert-OH is 1. The smallest absolute Gasteiger partial charge is 0.241 e. The maximum absolute atomic E-state index is 12.9. The first kappa shape index (κ1) is 14.9. The molecule has 2 bridgehead atoms. The van der Waals surface area contributed by atoms with Crippen molar-refractivity contribution in [2.24, 2.45) is 11.8 Å². The number of carbonyl (C=O) groups is 2. The molecule has 0 radical (unpaired) electrons. The van der Waals surface area contributed by atoms with Crippen molar-refractivity contribution in [2.45, 2.75) is 25.0 Å². The number of aliphatic hydroxyl groups is 1. The molecule has 120 valence electrons. The fourth-order valence-corrected chi connectivity index (χ4v) is 4.19. The second-order valence-corrected chi connectivity index (χ2v) is 7.04. The van der Waals surface area contributed by atoms with Crippen LogP contribution in [-0.4, -0.2) is 34.7 Å². The van der Waals surface area contributed by atoms with Gasteiger partial charge < -0.3 is 9.84 Å². The van der Waals surface area contributed by atoms with E-state index >= 15 is 0 Å². The highest BCUT2D eigenvalue weighted by Gasteiger charge is 2.72. The molecule has 0 aliphatic carbocycles. The molecule has 2 saturated heterocycles. The van der Waals surface area contributed by atoms with Crippen molar-refractivity contribution in [3.63, 3.8) is 0 Å². The van der Waals surface area contributed by atoms with Gasteiger partial charge in [0.15, 0.2) is 0 Å². The average Bonchev–Trinajstić information content (AvgIpc) is 3.09. The first-order chi connectivity index (χ1) is 10.8. The van der Waals surface area contributed by atoms with Crippen LogP contribution < -0.4 is 4.90 Å². The monoisotopic (exact) mass is 333 g/mol. The van der Waals surface area contributed by atoms with Crippen LogP contribution in [0.4, 0.5) is 5.69 Å². The Balaban J connectivity index is 1.81. The Morgan fingerprint density at radius 3 is 2.61 bits per heavy atom. The quantitative estimate of drug-likeness (QED) is 0.662. The number of carbonyl (C=O) groups excluding carboxylic acids is 2. The topological polar surface area (TPSA) is 66.8 Å². The molecule has 1 N–H and O–H groups in total. The van der Waals surface area contributed by atoms with E-state index in [-0.39, 0.29) is 18.4 Å². The van der Waals surface area contributed by atoms with Gasteiger partial charge in [-0.2, -0.15) is 0 Å².